The fraction of sp³-hybridized carbons (Fsp3) is 0.222. The van der Waals surface area contributed by atoms with E-state index < -0.39 is 8.07 Å². The summed E-state index contributed by atoms with van der Waals surface area (Å²) in [5.74, 6) is 0. The summed E-state index contributed by atoms with van der Waals surface area (Å²) in [5.41, 5.74) is 8.05. The van der Waals surface area contributed by atoms with Gasteiger partial charge in [0.1, 0.15) is 12.6 Å². The third-order valence-corrected chi connectivity index (χ3v) is 9.10. The van der Waals surface area contributed by atoms with E-state index in [1.807, 2.05) is 0 Å². The Hall–Kier alpha value is -2.91. The first-order valence-electron chi connectivity index (χ1n) is 10.8. The van der Waals surface area contributed by atoms with Gasteiger partial charge in [-0.2, -0.15) is 4.57 Å². The first kappa shape index (κ1) is 17.9. The Morgan fingerprint density at radius 3 is 2.40 bits per heavy atom. The zero-order chi connectivity index (χ0) is 20.9. The monoisotopic (exact) mass is 407 g/mol. The van der Waals surface area contributed by atoms with Crippen LogP contribution < -0.4 is 9.75 Å². The number of hydrogen-bond donors (Lipinski definition) is 0. The van der Waals surface area contributed by atoms with Crippen molar-refractivity contribution >= 4 is 62.3 Å². The topological polar surface area (TPSA) is 8.29 Å². The highest BCUT2D eigenvalue weighted by molar-refractivity contribution is 6.88. The van der Waals surface area contributed by atoms with E-state index >= 15 is 0 Å². The summed E-state index contributed by atoms with van der Waals surface area (Å²) in [6.45, 7) is 11.8. The van der Waals surface area contributed by atoms with Crippen LogP contribution in [0.3, 0.4) is 0 Å². The van der Waals surface area contributed by atoms with Gasteiger partial charge in [-0.25, -0.2) is 0 Å². The maximum absolute atomic E-state index is 2.51. The van der Waals surface area contributed by atoms with Gasteiger partial charge in [-0.05, 0) is 42.5 Å². The van der Waals surface area contributed by atoms with Crippen LogP contribution in [-0.2, 0) is 7.05 Å². The SMILES string of the molecule is Cc1cc2cccc3c2c(c1C)c1c2c(cc[n+]1C)c1cc([Si](C)(C)C)ccc1n32. The number of aromatic nitrogens is 2. The van der Waals surface area contributed by atoms with E-state index in [9.17, 15) is 0 Å². The van der Waals surface area contributed by atoms with Crippen molar-refractivity contribution in [3.8, 4) is 0 Å². The van der Waals surface area contributed by atoms with Gasteiger partial charge in [-0.3, -0.25) is 0 Å². The Labute approximate surface area is 177 Å². The van der Waals surface area contributed by atoms with Crippen LogP contribution in [0.25, 0.3) is 49.0 Å². The number of pyridine rings is 2. The molecule has 30 heavy (non-hydrogen) atoms. The minimum atomic E-state index is -1.39. The Bertz CT molecular complexity index is 1650. The second-order valence-corrected chi connectivity index (χ2v) is 15.0. The van der Waals surface area contributed by atoms with Crippen molar-refractivity contribution in [2.45, 2.75) is 33.5 Å². The maximum atomic E-state index is 2.51. The molecule has 3 aromatic carbocycles. The molecular formula is C27H27N2Si+. The van der Waals surface area contributed by atoms with Crippen molar-refractivity contribution in [2.75, 3.05) is 0 Å². The highest BCUT2D eigenvalue weighted by atomic mass is 28.3. The summed E-state index contributed by atoms with van der Waals surface area (Å²) in [4.78, 5) is 0. The quantitative estimate of drug-likeness (QED) is 0.137. The van der Waals surface area contributed by atoms with Gasteiger partial charge in [0.2, 0.25) is 5.52 Å². The molecule has 6 aromatic rings. The van der Waals surface area contributed by atoms with Crippen LogP contribution in [0.1, 0.15) is 11.1 Å². The van der Waals surface area contributed by atoms with Crippen molar-refractivity contribution in [3.63, 3.8) is 0 Å². The number of fused-ring (bicyclic) bond motifs is 5. The number of aryl methyl sites for hydroxylation is 3. The van der Waals surface area contributed by atoms with E-state index in [1.165, 1.54) is 65.3 Å². The van der Waals surface area contributed by atoms with Crippen LogP contribution >= 0.6 is 0 Å². The van der Waals surface area contributed by atoms with Crippen molar-refractivity contribution in [1.29, 1.82) is 0 Å². The van der Waals surface area contributed by atoms with E-state index in [2.05, 4.69) is 104 Å². The van der Waals surface area contributed by atoms with Crippen molar-refractivity contribution < 1.29 is 4.57 Å². The molecule has 0 aliphatic heterocycles. The molecule has 0 fully saturated rings. The molecule has 2 nitrogen and oxygen atoms in total. The number of rotatable bonds is 1. The lowest BCUT2D eigenvalue weighted by molar-refractivity contribution is -0.644. The summed E-state index contributed by atoms with van der Waals surface area (Å²) in [6, 6.07) is 18.6. The van der Waals surface area contributed by atoms with Crippen molar-refractivity contribution in [3.05, 3.63) is 65.9 Å². The van der Waals surface area contributed by atoms with E-state index in [4.69, 9.17) is 0 Å². The largest absolute Gasteiger partial charge is 0.303 e. The molecule has 0 saturated heterocycles. The number of nitrogens with zero attached hydrogens (tertiary/aromatic N) is 2. The number of hydrogen-bond acceptors (Lipinski definition) is 0. The molecule has 0 saturated carbocycles. The van der Waals surface area contributed by atoms with Crippen LogP contribution in [0.15, 0.2) is 54.7 Å². The molecule has 3 aromatic heterocycles. The van der Waals surface area contributed by atoms with Gasteiger partial charge in [0.15, 0.2) is 6.20 Å². The first-order chi connectivity index (χ1) is 14.3. The Morgan fingerprint density at radius 1 is 0.833 bits per heavy atom. The van der Waals surface area contributed by atoms with Gasteiger partial charge in [0, 0.05) is 22.2 Å². The molecule has 0 radical (unpaired) electrons. The van der Waals surface area contributed by atoms with Gasteiger partial charge in [0.25, 0.3) is 0 Å². The molecular weight excluding hydrogens is 380 g/mol. The molecule has 0 aliphatic carbocycles. The van der Waals surface area contributed by atoms with Crippen LogP contribution in [0.4, 0.5) is 0 Å². The summed E-state index contributed by atoms with van der Waals surface area (Å²) in [7, 11) is 0.795. The predicted molar refractivity (Wildman–Crippen MR) is 132 cm³/mol. The highest BCUT2D eigenvalue weighted by Crippen LogP contribution is 2.40. The van der Waals surface area contributed by atoms with Gasteiger partial charge in [-0.15, -0.1) is 0 Å². The zero-order valence-electron chi connectivity index (χ0n) is 18.6. The third kappa shape index (κ3) is 2.11. The lowest BCUT2D eigenvalue weighted by Crippen LogP contribution is -2.37. The molecule has 0 amide bonds. The maximum Gasteiger partial charge on any atom is 0.238 e. The average Bonchev–Trinajstić information content (AvgIpc) is 3.03. The summed E-state index contributed by atoms with van der Waals surface area (Å²) in [5, 5.41) is 8.37. The summed E-state index contributed by atoms with van der Waals surface area (Å²) in [6.07, 6.45) is 2.24. The van der Waals surface area contributed by atoms with Crippen LogP contribution in [0.2, 0.25) is 19.6 Å². The molecule has 3 heteroatoms. The molecule has 0 atom stereocenters. The van der Waals surface area contributed by atoms with Crippen LogP contribution in [0, 0.1) is 13.8 Å². The van der Waals surface area contributed by atoms with E-state index in [1.54, 1.807) is 0 Å². The molecule has 0 unspecified atom stereocenters. The second-order valence-electron chi connectivity index (χ2n) is 9.92. The standard InChI is InChI=1S/C27H27N2Si/c1-16-14-18-8-7-9-23-25(18)24(17(16)2)27-26-20(12-13-28(27)3)21-15-19(30(4,5)6)10-11-22(21)29(23)26/h7-15H,1-6H3/q+1. The molecule has 148 valence electrons. The third-order valence-electron chi connectivity index (χ3n) is 7.06. The van der Waals surface area contributed by atoms with Crippen molar-refractivity contribution in [1.82, 2.24) is 4.40 Å². The molecule has 0 N–H and O–H groups in total. The Kier molecular flexibility index (Phi) is 3.35. The minimum Gasteiger partial charge on any atom is -0.303 e. The van der Waals surface area contributed by atoms with Gasteiger partial charge in [0.05, 0.1) is 24.5 Å². The second kappa shape index (κ2) is 5.61. The molecule has 3 heterocycles. The summed E-state index contributed by atoms with van der Waals surface area (Å²) < 4.78 is 4.83. The lowest BCUT2D eigenvalue weighted by Gasteiger charge is -2.16. The average molecular weight is 408 g/mol. The molecule has 0 aliphatic rings. The lowest BCUT2D eigenvalue weighted by atomic mass is 9.94. The fourth-order valence-electron chi connectivity index (χ4n) is 5.32. The normalized spacial score (nSPS) is 13.0. The number of benzene rings is 3. The highest BCUT2D eigenvalue weighted by Gasteiger charge is 2.25. The molecule has 0 spiro atoms. The van der Waals surface area contributed by atoms with Gasteiger partial charge >= 0.3 is 0 Å². The van der Waals surface area contributed by atoms with Crippen molar-refractivity contribution in [2.24, 2.45) is 7.05 Å². The van der Waals surface area contributed by atoms with E-state index in [0.717, 1.165) is 0 Å². The van der Waals surface area contributed by atoms with E-state index in [-0.39, 0.29) is 0 Å². The Morgan fingerprint density at radius 2 is 1.63 bits per heavy atom. The minimum absolute atomic E-state index is 1.31. The predicted octanol–water partition coefficient (Wildman–Crippen LogP) is 5.98. The van der Waals surface area contributed by atoms with Crippen LogP contribution in [0.5, 0.6) is 0 Å². The summed E-state index contributed by atoms with van der Waals surface area (Å²) >= 11 is 0. The first-order valence-corrected chi connectivity index (χ1v) is 14.3. The molecule has 0 bridgehead atoms. The molecule has 6 rings (SSSR count). The Balaban J connectivity index is 2.02. The van der Waals surface area contributed by atoms with Crippen LogP contribution in [-0.4, -0.2) is 12.5 Å². The van der Waals surface area contributed by atoms with Gasteiger partial charge < -0.3 is 4.40 Å². The smallest absolute Gasteiger partial charge is 0.238 e. The van der Waals surface area contributed by atoms with E-state index in [0.29, 0.717) is 0 Å². The van der Waals surface area contributed by atoms with Gasteiger partial charge in [-0.1, -0.05) is 55.2 Å². The zero-order valence-corrected chi connectivity index (χ0v) is 19.6. The fourth-order valence-corrected chi connectivity index (χ4v) is 6.48.